The van der Waals surface area contributed by atoms with Crippen LogP contribution in [0.3, 0.4) is 0 Å². The molecule has 1 aliphatic rings. The molecule has 3 heterocycles. The van der Waals surface area contributed by atoms with Crippen LogP contribution in [-0.4, -0.2) is 40.4 Å². The van der Waals surface area contributed by atoms with Crippen molar-refractivity contribution < 1.29 is 27.1 Å². The molecule has 2 N–H and O–H groups in total. The summed E-state index contributed by atoms with van der Waals surface area (Å²) in [7, 11) is 0. The van der Waals surface area contributed by atoms with Gasteiger partial charge in [-0.25, -0.2) is 14.1 Å². The molecule has 1 saturated heterocycles. The summed E-state index contributed by atoms with van der Waals surface area (Å²) in [5.41, 5.74) is 0.228. The molecule has 1 unspecified atom stereocenters. The summed E-state index contributed by atoms with van der Waals surface area (Å²) in [6.45, 7) is 2.14. The average Bonchev–Trinajstić information content (AvgIpc) is 3.24. The standard InChI is InChI=1S/C20H17F4N5O2/c21-15-9-13(20(22,23)24)10-26-18(15)29-7-5-16(28-29)19(30)27-14-3-1-12(2-4-14)17-11-25-6-8-31-17/h1-5,7,9-10,17,25H,6,8,11H2,(H,27,30). The third-order valence-corrected chi connectivity index (χ3v) is 4.66. The Hall–Kier alpha value is -3.31. The number of hydrogen-bond donors (Lipinski definition) is 2. The van der Waals surface area contributed by atoms with E-state index in [2.05, 4.69) is 20.7 Å². The SMILES string of the molecule is O=C(Nc1ccc(C2CNCCO2)cc1)c1ccn(-c2ncc(C(F)(F)F)cc2F)n1. The normalized spacial score (nSPS) is 16.8. The van der Waals surface area contributed by atoms with E-state index < -0.39 is 29.3 Å². The highest BCUT2D eigenvalue weighted by atomic mass is 19.4. The number of ether oxygens (including phenoxy) is 1. The molecule has 0 radical (unpaired) electrons. The number of benzene rings is 1. The van der Waals surface area contributed by atoms with E-state index in [4.69, 9.17) is 4.74 Å². The van der Waals surface area contributed by atoms with Gasteiger partial charge in [0.2, 0.25) is 0 Å². The van der Waals surface area contributed by atoms with Gasteiger partial charge in [0.1, 0.15) is 0 Å². The van der Waals surface area contributed by atoms with Crippen LogP contribution in [0.4, 0.5) is 23.2 Å². The lowest BCUT2D eigenvalue weighted by Gasteiger charge is -2.24. The van der Waals surface area contributed by atoms with Gasteiger partial charge in [-0.1, -0.05) is 12.1 Å². The highest BCUT2D eigenvalue weighted by Gasteiger charge is 2.32. The third kappa shape index (κ3) is 4.72. The summed E-state index contributed by atoms with van der Waals surface area (Å²) >= 11 is 0. The zero-order valence-corrected chi connectivity index (χ0v) is 16.0. The van der Waals surface area contributed by atoms with E-state index in [1.807, 2.05) is 12.1 Å². The Bertz CT molecular complexity index is 1080. The molecule has 0 aliphatic carbocycles. The van der Waals surface area contributed by atoms with Gasteiger partial charge in [0.15, 0.2) is 17.3 Å². The van der Waals surface area contributed by atoms with E-state index in [-0.39, 0.29) is 11.8 Å². The molecule has 7 nitrogen and oxygen atoms in total. The lowest BCUT2D eigenvalue weighted by molar-refractivity contribution is -0.138. The lowest BCUT2D eigenvalue weighted by atomic mass is 10.1. The minimum Gasteiger partial charge on any atom is -0.371 e. The quantitative estimate of drug-likeness (QED) is 0.615. The molecule has 0 bridgehead atoms. The molecular weight excluding hydrogens is 418 g/mol. The Kier molecular flexibility index (Phi) is 5.70. The van der Waals surface area contributed by atoms with Crippen LogP contribution in [0.15, 0.2) is 48.8 Å². The number of anilines is 1. The van der Waals surface area contributed by atoms with E-state index in [0.717, 1.165) is 16.8 Å². The van der Waals surface area contributed by atoms with Crippen molar-refractivity contribution in [2.24, 2.45) is 0 Å². The van der Waals surface area contributed by atoms with Gasteiger partial charge < -0.3 is 15.4 Å². The summed E-state index contributed by atoms with van der Waals surface area (Å²) < 4.78 is 58.6. The highest BCUT2D eigenvalue weighted by molar-refractivity contribution is 6.02. The molecule has 11 heteroatoms. The molecule has 0 saturated carbocycles. The van der Waals surface area contributed by atoms with Crippen molar-refractivity contribution in [2.75, 3.05) is 25.0 Å². The fourth-order valence-electron chi connectivity index (χ4n) is 3.07. The first-order valence-electron chi connectivity index (χ1n) is 9.34. The summed E-state index contributed by atoms with van der Waals surface area (Å²) in [4.78, 5) is 15.9. The smallest absolute Gasteiger partial charge is 0.371 e. The minimum absolute atomic E-state index is 0.0509. The van der Waals surface area contributed by atoms with Gasteiger partial charge in [-0.2, -0.15) is 18.3 Å². The third-order valence-electron chi connectivity index (χ3n) is 4.66. The molecule has 2 aromatic heterocycles. The number of nitrogens with zero attached hydrogens (tertiary/aromatic N) is 3. The average molecular weight is 435 g/mol. The molecule has 1 atom stereocenters. The predicted molar refractivity (Wildman–Crippen MR) is 102 cm³/mol. The molecule has 162 valence electrons. The minimum atomic E-state index is -4.71. The molecule has 1 aliphatic heterocycles. The van der Waals surface area contributed by atoms with Crippen LogP contribution in [0.1, 0.15) is 27.7 Å². The number of aromatic nitrogens is 3. The van der Waals surface area contributed by atoms with Crippen LogP contribution in [-0.2, 0) is 10.9 Å². The van der Waals surface area contributed by atoms with Crippen LogP contribution in [0.5, 0.6) is 0 Å². The largest absolute Gasteiger partial charge is 0.417 e. The lowest BCUT2D eigenvalue weighted by Crippen LogP contribution is -2.33. The molecular formula is C20H17F4N5O2. The number of rotatable bonds is 4. The molecule has 1 amide bonds. The van der Waals surface area contributed by atoms with E-state index in [9.17, 15) is 22.4 Å². The molecule has 31 heavy (non-hydrogen) atoms. The Morgan fingerprint density at radius 1 is 1.23 bits per heavy atom. The summed E-state index contributed by atoms with van der Waals surface area (Å²) in [6.07, 6.45) is -3.02. The van der Waals surface area contributed by atoms with Crippen LogP contribution < -0.4 is 10.6 Å². The van der Waals surface area contributed by atoms with E-state index in [1.165, 1.54) is 12.3 Å². The molecule has 1 aromatic carbocycles. The number of hydrogen-bond acceptors (Lipinski definition) is 5. The fraction of sp³-hybridized carbons (Fsp3) is 0.250. The maximum Gasteiger partial charge on any atom is 0.417 e. The van der Waals surface area contributed by atoms with Crippen molar-refractivity contribution in [2.45, 2.75) is 12.3 Å². The monoisotopic (exact) mass is 435 g/mol. The second kappa shape index (κ2) is 8.44. The Morgan fingerprint density at radius 3 is 2.65 bits per heavy atom. The Morgan fingerprint density at radius 2 is 2.00 bits per heavy atom. The van der Waals surface area contributed by atoms with Gasteiger partial charge in [-0.3, -0.25) is 4.79 Å². The molecule has 0 spiro atoms. The van der Waals surface area contributed by atoms with Crippen LogP contribution >= 0.6 is 0 Å². The second-order valence-corrected chi connectivity index (χ2v) is 6.81. The van der Waals surface area contributed by atoms with Crippen molar-refractivity contribution in [1.29, 1.82) is 0 Å². The molecule has 3 aromatic rings. The topological polar surface area (TPSA) is 81.1 Å². The van der Waals surface area contributed by atoms with Gasteiger partial charge in [-0.05, 0) is 29.8 Å². The van der Waals surface area contributed by atoms with Gasteiger partial charge in [0.25, 0.3) is 5.91 Å². The van der Waals surface area contributed by atoms with Crippen molar-refractivity contribution >= 4 is 11.6 Å². The number of carbonyl (C=O) groups is 1. The number of halogens is 4. The van der Waals surface area contributed by atoms with Gasteiger partial charge in [-0.15, -0.1) is 0 Å². The maximum atomic E-state index is 14.1. The summed E-state index contributed by atoms with van der Waals surface area (Å²) in [6, 6.07) is 8.76. The number of alkyl halides is 3. The highest BCUT2D eigenvalue weighted by Crippen LogP contribution is 2.29. The van der Waals surface area contributed by atoms with E-state index in [1.54, 1.807) is 12.1 Å². The first kappa shape index (κ1) is 20.9. The zero-order chi connectivity index (χ0) is 22.0. The Balaban J connectivity index is 1.45. The van der Waals surface area contributed by atoms with Crippen molar-refractivity contribution in [3.8, 4) is 5.82 Å². The first-order chi connectivity index (χ1) is 14.8. The summed E-state index contributed by atoms with van der Waals surface area (Å²) in [5, 5.41) is 9.81. The molecule has 4 rings (SSSR count). The van der Waals surface area contributed by atoms with Gasteiger partial charge >= 0.3 is 6.18 Å². The second-order valence-electron chi connectivity index (χ2n) is 6.81. The zero-order valence-electron chi connectivity index (χ0n) is 16.0. The number of morpholine rings is 1. The van der Waals surface area contributed by atoms with Crippen LogP contribution in [0, 0.1) is 5.82 Å². The van der Waals surface area contributed by atoms with E-state index >= 15 is 0 Å². The number of amides is 1. The number of nitrogens with one attached hydrogen (secondary N) is 2. The number of carbonyl (C=O) groups excluding carboxylic acids is 1. The Labute approximate surface area is 174 Å². The number of pyridine rings is 1. The van der Waals surface area contributed by atoms with Crippen LogP contribution in [0.25, 0.3) is 5.82 Å². The molecule has 1 fully saturated rings. The first-order valence-corrected chi connectivity index (χ1v) is 9.34. The predicted octanol–water partition coefficient (Wildman–Crippen LogP) is 3.34. The summed E-state index contributed by atoms with van der Waals surface area (Å²) in [5.74, 6) is -2.22. The maximum absolute atomic E-state index is 14.1. The van der Waals surface area contributed by atoms with E-state index in [0.29, 0.717) is 31.1 Å². The van der Waals surface area contributed by atoms with Gasteiger partial charge in [0, 0.05) is 31.2 Å². The van der Waals surface area contributed by atoms with Crippen LogP contribution in [0.2, 0.25) is 0 Å². The van der Waals surface area contributed by atoms with Gasteiger partial charge in [0.05, 0.1) is 18.3 Å². The van der Waals surface area contributed by atoms with Crippen molar-refractivity contribution in [1.82, 2.24) is 20.1 Å². The van der Waals surface area contributed by atoms with Crippen molar-refractivity contribution in [3.05, 3.63) is 71.4 Å². The fourth-order valence-corrected chi connectivity index (χ4v) is 3.07. The van der Waals surface area contributed by atoms with Crippen molar-refractivity contribution in [3.63, 3.8) is 0 Å².